The molecule has 2 aliphatic rings. The summed E-state index contributed by atoms with van der Waals surface area (Å²) in [7, 11) is -3.65. The molecule has 0 saturated carbocycles. The Morgan fingerprint density at radius 3 is 2.47 bits per heavy atom. The molecule has 202 valence electrons. The van der Waals surface area contributed by atoms with Crippen molar-refractivity contribution in [3.05, 3.63) is 63.3 Å². The molecular formula is C26H33N7O4S. The molecule has 0 unspecified atom stereocenters. The predicted octanol–water partition coefficient (Wildman–Crippen LogP) is 2.55. The minimum atomic E-state index is -3.65. The minimum Gasteiger partial charge on any atom is -0.379 e. The number of sulfonamides is 1. The number of benzene rings is 1. The van der Waals surface area contributed by atoms with Gasteiger partial charge in [0.1, 0.15) is 0 Å². The largest absolute Gasteiger partial charge is 0.379 e. The lowest BCUT2D eigenvalue weighted by Gasteiger charge is -2.28. The zero-order chi connectivity index (χ0) is 26.9. The number of hydrazone groups is 1. The molecule has 2 fully saturated rings. The van der Waals surface area contributed by atoms with Crippen LogP contribution >= 0.6 is 0 Å². The average molecular weight is 540 g/mol. The molecule has 2 aliphatic heterocycles. The second-order valence-electron chi connectivity index (χ2n) is 9.63. The lowest BCUT2D eigenvalue weighted by Crippen LogP contribution is -2.40. The summed E-state index contributed by atoms with van der Waals surface area (Å²) < 4.78 is 35.9. The normalized spacial score (nSPS) is 17.0. The SMILES string of the molecule is Cc1cc(=O)[nH]c(NN=Cc2cc(C)n(-c3cc(S(=O)(=O)N4CCOCC4)ccc3N3CCCC3)c2C)n1. The van der Waals surface area contributed by atoms with Crippen molar-refractivity contribution >= 4 is 27.9 Å². The maximum atomic E-state index is 13.5. The lowest BCUT2D eigenvalue weighted by molar-refractivity contribution is 0.0730. The van der Waals surface area contributed by atoms with Crippen LogP contribution < -0.4 is 15.9 Å². The van der Waals surface area contributed by atoms with Crippen LogP contribution in [-0.4, -0.2) is 72.9 Å². The van der Waals surface area contributed by atoms with Gasteiger partial charge in [-0.05, 0) is 57.9 Å². The molecule has 0 amide bonds. The molecule has 38 heavy (non-hydrogen) atoms. The van der Waals surface area contributed by atoms with E-state index in [0.717, 1.165) is 54.3 Å². The Bertz CT molecular complexity index is 1510. The molecule has 0 bridgehead atoms. The number of aromatic nitrogens is 3. The summed E-state index contributed by atoms with van der Waals surface area (Å²) in [5.74, 6) is 0.261. The molecule has 2 N–H and O–H groups in total. The molecule has 12 heteroatoms. The van der Waals surface area contributed by atoms with Crippen molar-refractivity contribution in [1.29, 1.82) is 0 Å². The molecule has 0 spiro atoms. The van der Waals surface area contributed by atoms with Gasteiger partial charge in [-0.15, -0.1) is 0 Å². The Balaban J connectivity index is 1.52. The van der Waals surface area contributed by atoms with Crippen molar-refractivity contribution in [3.63, 3.8) is 0 Å². The summed E-state index contributed by atoms with van der Waals surface area (Å²) in [6.45, 7) is 9.08. The highest BCUT2D eigenvalue weighted by molar-refractivity contribution is 7.89. The fourth-order valence-electron chi connectivity index (χ4n) is 5.09. The van der Waals surface area contributed by atoms with Gasteiger partial charge in [-0.3, -0.25) is 9.78 Å². The third-order valence-corrected chi connectivity index (χ3v) is 8.85. The molecule has 11 nitrogen and oxygen atoms in total. The zero-order valence-corrected chi connectivity index (χ0v) is 22.7. The van der Waals surface area contributed by atoms with Gasteiger partial charge in [0.2, 0.25) is 16.0 Å². The monoisotopic (exact) mass is 539 g/mol. The van der Waals surface area contributed by atoms with Crippen LogP contribution in [0.15, 0.2) is 45.1 Å². The van der Waals surface area contributed by atoms with Gasteiger partial charge in [0.05, 0.1) is 35.7 Å². The Labute approximate surface area is 222 Å². The van der Waals surface area contributed by atoms with E-state index in [1.807, 2.05) is 26.0 Å². The standard InChI is InChI=1S/C26H33N7O4S/c1-18-14-25(34)29-26(28-18)30-27-17-21-15-19(2)33(20(21)3)24-16-22(6-7-23(24)31-8-4-5-9-31)38(35,36)32-10-12-37-13-11-32/h6-7,14-17H,4-5,8-13H2,1-3H3,(H2,28,29,30,34). The van der Waals surface area contributed by atoms with E-state index in [9.17, 15) is 13.2 Å². The Morgan fingerprint density at radius 2 is 1.76 bits per heavy atom. The number of H-pyrrole nitrogens is 1. The second kappa shape index (κ2) is 10.7. The summed E-state index contributed by atoms with van der Waals surface area (Å²) >= 11 is 0. The Morgan fingerprint density at radius 1 is 1.03 bits per heavy atom. The van der Waals surface area contributed by atoms with E-state index in [1.54, 1.807) is 25.3 Å². The van der Waals surface area contributed by atoms with Gasteiger partial charge in [-0.1, -0.05) is 0 Å². The Hall–Kier alpha value is -3.48. The van der Waals surface area contributed by atoms with Gasteiger partial charge in [-0.2, -0.15) is 9.41 Å². The third kappa shape index (κ3) is 5.24. The van der Waals surface area contributed by atoms with E-state index in [0.29, 0.717) is 32.0 Å². The number of rotatable bonds is 7. The zero-order valence-electron chi connectivity index (χ0n) is 21.9. The molecule has 2 aromatic heterocycles. The van der Waals surface area contributed by atoms with Crippen molar-refractivity contribution < 1.29 is 13.2 Å². The quantitative estimate of drug-likeness (QED) is 0.349. The fourth-order valence-corrected chi connectivity index (χ4v) is 6.52. The molecule has 2 saturated heterocycles. The fraction of sp³-hybridized carbons (Fsp3) is 0.423. The molecule has 0 radical (unpaired) electrons. The van der Waals surface area contributed by atoms with E-state index in [4.69, 9.17) is 4.74 Å². The van der Waals surface area contributed by atoms with Gasteiger partial charge in [0.15, 0.2) is 0 Å². The molecule has 4 heterocycles. The van der Waals surface area contributed by atoms with E-state index < -0.39 is 10.0 Å². The number of hydrogen-bond donors (Lipinski definition) is 2. The smallest absolute Gasteiger partial charge is 0.252 e. The van der Waals surface area contributed by atoms with Crippen molar-refractivity contribution in [2.75, 3.05) is 49.7 Å². The van der Waals surface area contributed by atoms with Gasteiger partial charge >= 0.3 is 0 Å². The highest BCUT2D eigenvalue weighted by Gasteiger charge is 2.28. The van der Waals surface area contributed by atoms with E-state index in [1.165, 1.54) is 10.4 Å². The number of aryl methyl sites for hydroxylation is 2. The average Bonchev–Trinajstić information content (AvgIpc) is 3.52. The summed E-state index contributed by atoms with van der Waals surface area (Å²) in [6, 6.07) is 8.86. The van der Waals surface area contributed by atoms with E-state index >= 15 is 0 Å². The summed E-state index contributed by atoms with van der Waals surface area (Å²) in [5.41, 5.74) is 7.68. The molecule has 0 aliphatic carbocycles. The first kappa shape index (κ1) is 26.1. The lowest BCUT2D eigenvalue weighted by atomic mass is 10.2. The Kier molecular flexibility index (Phi) is 7.37. The van der Waals surface area contributed by atoms with Crippen LogP contribution in [0.1, 0.15) is 35.5 Å². The molecule has 1 aromatic carbocycles. The van der Waals surface area contributed by atoms with Crippen LogP contribution in [0.3, 0.4) is 0 Å². The predicted molar refractivity (Wildman–Crippen MR) is 147 cm³/mol. The van der Waals surface area contributed by atoms with E-state index in [2.05, 4.69) is 30.0 Å². The molecule has 0 atom stereocenters. The van der Waals surface area contributed by atoms with Crippen LogP contribution in [0.25, 0.3) is 5.69 Å². The third-order valence-electron chi connectivity index (χ3n) is 6.96. The first-order valence-corrected chi connectivity index (χ1v) is 14.2. The summed E-state index contributed by atoms with van der Waals surface area (Å²) in [5, 5.41) is 4.28. The summed E-state index contributed by atoms with van der Waals surface area (Å²) in [6.07, 6.45) is 3.89. The minimum absolute atomic E-state index is 0.255. The van der Waals surface area contributed by atoms with Crippen LogP contribution in [0.2, 0.25) is 0 Å². The maximum absolute atomic E-state index is 13.5. The first-order valence-electron chi connectivity index (χ1n) is 12.8. The van der Waals surface area contributed by atoms with Crippen molar-refractivity contribution in [2.45, 2.75) is 38.5 Å². The van der Waals surface area contributed by atoms with Gasteiger partial charge in [0, 0.05) is 54.9 Å². The van der Waals surface area contributed by atoms with Crippen LogP contribution in [-0.2, 0) is 14.8 Å². The highest BCUT2D eigenvalue weighted by Crippen LogP contribution is 2.34. The van der Waals surface area contributed by atoms with Gasteiger partial charge in [0.25, 0.3) is 5.56 Å². The van der Waals surface area contributed by atoms with Crippen LogP contribution in [0, 0.1) is 20.8 Å². The maximum Gasteiger partial charge on any atom is 0.252 e. The van der Waals surface area contributed by atoms with Crippen molar-refractivity contribution in [3.8, 4) is 5.69 Å². The molecule has 3 aromatic rings. The first-order chi connectivity index (χ1) is 18.2. The van der Waals surface area contributed by atoms with Crippen LogP contribution in [0.5, 0.6) is 0 Å². The van der Waals surface area contributed by atoms with Gasteiger partial charge in [-0.25, -0.2) is 18.8 Å². The van der Waals surface area contributed by atoms with Crippen molar-refractivity contribution in [2.24, 2.45) is 5.10 Å². The number of nitrogens with one attached hydrogen (secondary N) is 2. The number of anilines is 2. The number of nitrogens with zero attached hydrogens (tertiary/aromatic N) is 5. The second-order valence-corrected chi connectivity index (χ2v) is 11.6. The summed E-state index contributed by atoms with van der Waals surface area (Å²) in [4.78, 5) is 21.1. The van der Waals surface area contributed by atoms with Crippen LogP contribution in [0.4, 0.5) is 11.6 Å². The van der Waals surface area contributed by atoms with Crippen molar-refractivity contribution in [1.82, 2.24) is 18.8 Å². The highest BCUT2D eigenvalue weighted by atomic mass is 32.2. The van der Waals surface area contributed by atoms with Gasteiger partial charge < -0.3 is 14.2 Å². The number of hydrogen-bond acceptors (Lipinski definition) is 8. The molecular weight excluding hydrogens is 506 g/mol. The molecule has 5 rings (SSSR count). The topological polar surface area (TPSA) is 125 Å². The number of aromatic amines is 1. The number of morpholine rings is 1. The number of ether oxygens (including phenoxy) is 1. The van der Waals surface area contributed by atoms with E-state index in [-0.39, 0.29) is 16.4 Å².